The molecule has 4 nitrogen and oxygen atoms in total. The predicted molar refractivity (Wildman–Crippen MR) is 103 cm³/mol. The van der Waals surface area contributed by atoms with Gasteiger partial charge in [0.25, 0.3) is 0 Å². The van der Waals surface area contributed by atoms with Crippen molar-refractivity contribution in [3.8, 4) is 10.6 Å². The number of Topliss-reactive ketones (excluding diaryl/α,β-unsaturated/α-hetero) is 1. The summed E-state index contributed by atoms with van der Waals surface area (Å²) in [6.45, 7) is 1.58. The maximum Gasteiger partial charge on any atom is 0.358 e. The first-order valence-corrected chi connectivity index (χ1v) is 9.25. The molecule has 0 amide bonds. The fraction of sp³-hybridized carbons (Fsp3) is 0.105. The number of hydrogen-bond donors (Lipinski definition) is 0. The van der Waals surface area contributed by atoms with E-state index in [1.54, 1.807) is 11.4 Å². The fourth-order valence-electron chi connectivity index (χ4n) is 2.19. The molecular formula is C19H13Cl2NO3S. The Morgan fingerprint density at radius 3 is 2.54 bits per heavy atom. The van der Waals surface area contributed by atoms with E-state index in [9.17, 15) is 9.59 Å². The van der Waals surface area contributed by atoms with E-state index >= 15 is 0 Å². The van der Waals surface area contributed by atoms with Gasteiger partial charge in [0.2, 0.25) is 5.78 Å². The molecule has 26 heavy (non-hydrogen) atoms. The van der Waals surface area contributed by atoms with Crippen molar-refractivity contribution in [3.05, 3.63) is 74.7 Å². The summed E-state index contributed by atoms with van der Waals surface area (Å²) in [7, 11) is 0. The van der Waals surface area contributed by atoms with Crippen LogP contribution in [0.4, 0.5) is 0 Å². The minimum absolute atomic E-state index is 0.167. The number of halogens is 2. The molecule has 0 spiro atoms. The van der Waals surface area contributed by atoms with Gasteiger partial charge in [0.15, 0.2) is 12.3 Å². The first-order chi connectivity index (χ1) is 12.4. The van der Waals surface area contributed by atoms with Crippen LogP contribution in [0.2, 0.25) is 10.0 Å². The Morgan fingerprint density at radius 1 is 1.12 bits per heavy atom. The van der Waals surface area contributed by atoms with Gasteiger partial charge in [0.05, 0.1) is 5.02 Å². The maximum absolute atomic E-state index is 12.1. The molecule has 3 rings (SSSR count). The summed E-state index contributed by atoms with van der Waals surface area (Å²) in [6, 6.07) is 12.3. The normalized spacial score (nSPS) is 10.6. The summed E-state index contributed by atoms with van der Waals surface area (Å²) >= 11 is 13.1. The first kappa shape index (κ1) is 18.6. The van der Waals surface area contributed by atoms with Gasteiger partial charge in [-0.05, 0) is 25.1 Å². The van der Waals surface area contributed by atoms with E-state index in [0.29, 0.717) is 10.0 Å². The van der Waals surface area contributed by atoms with Gasteiger partial charge in [0.1, 0.15) is 5.01 Å². The lowest BCUT2D eigenvalue weighted by Crippen LogP contribution is -2.15. The number of carbonyl (C=O) groups is 2. The number of rotatable bonds is 5. The number of nitrogens with zero attached hydrogens (tertiary/aromatic N) is 1. The SMILES string of the molecule is Cc1ccc(-c2nc(C(=O)OCC(=O)c3ccc(Cl)cc3Cl)cs2)cc1. The summed E-state index contributed by atoms with van der Waals surface area (Å²) < 4.78 is 5.06. The lowest BCUT2D eigenvalue weighted by atomic mass is 10.1. The van der Waals surface area contributed by atoms with Crippen molar-refractivity contribution in [1.29, 1.82) is 0 Å². The van der Waals surface area contributed by atoms with E-state index in [1.165, 1.54) is 23.5 Å². The summed E-state index contributed by atoms with van der Waals surface area (Å²) in [4.78, 5) is 28.6. The third kappa shape index (κ3) is 4.30. The number of esters is 1. The molecular weight excluding hydrogens is 393 g/mol. The number of benzene rings is 2. The van der Waals surface area contributed by atoms with Crippen LogP contribution in [-0.2, 0) is 4.74 Å². The summed E-state index contributed by atoms with van der Waals surface area (Å²) in [5, 5.41) is 2.96. The average molecular weight is 406 g/mol. The van der Waals surface area contributed by atoms with Gasteiger partial charge in [0, 0.05) is 21.5 Å². The van der Waals surface area contributed by atoms with Crippen LogP contribution in [0.3, 0.4) is 0 Å². The monoisotopic (exact) mass is 405 g/mol. The molecule has 0 N–H and O–H groups in total. The largest absolute Gasteiger partial charge is 0.453 e. The average Bonchev–Trinajstić information content (AvgIpc) is 3.10. The van der Waals surface area contributed by atoms with Gasteiger partial charge in [-0.3, -0.25) is 4.79 Å². The highest BCUT2D eigenvalue weighted by Crippen LogP contribution is 2.25. The Morgan fingerprint density at radius 2 is 1.85 bits per heavy atom. The number of aromatic nitrogens is 1. The van der Waals surface area contributed by atoms with Crippen molar-refractivity contribution >= 4 is 46.3 Å². The Labute approximate surface area is 164 Å². The van der Waals surface area contributed by atoms with Crippen LogP contribution in [0.25, 0.3) is 10.6 Å². The molecule has 1 heterocycles. The molecule has 0 saturated heterocycles. The molecule has 0 saturated carbocycles. The topological polar surface area (TPSA) is 56.3 Å². The minimum atomic E-state index is -0.655. The molecule has 0 atom stereocenters. The molecule has 132 valence electrons. The van der Waals surface area contributed by atoms with E-state index in [2.05, 4.69) is 4.98 Å². The second-order valence-corrected chi connectivity index (χ2v) is 7.23. The van der Waals surface area contributed by atoms with Crippen molar-refractivity contribution in [2.75, 3.05) is 6.61 Å². The zero-order valence-corrected chi connectivity index (χ0v) is 16.0. The fourth-order valence-corrected chi connectivity index (χ4v) is 3.50. The predicted octanol–water partition coefficient (Wildman–Crippen LogP) is 5.47. The van der Waals surface area contributed by atoms with Crippen molar-refractivity contribution in [2.45, 2.75) is 6.92 Å². The first-order valence-electron chi connectivity index (χ1n) is 7.62. The van der Waals surface area contributed by atoms with Crippen LogP contribution < -0.4 is 0 Å². The third-order valence-electron chi connectivity index (χ3n) is 3.58. The molecule has 0 aliphatic carbocycles. The van der Waals surface area contributed by atoms with Crippen molar-refractivity contribution < 1.29 is 14.3 Å². The second kappa shape index (κ2) is 7.99. The Hall–Kier alpha value is -2.21. The molecule has 0 radical (unpaired) electrons. The second-order valence-electron chi connectivity index (χ2n) is 5.53. The number of hydrogen-bond acceptors (Lipinski definition) is 5. The quantitative estimate of drug-likeness (QED) is 0.417. The highest BCUT2D eigenvalue weighted by molar-refractivity contribution is 7.13. The molecule has 0 unspecified atom stereocenters. The van der Waals surface area contributed by atoms with E-state index in [4.69, 9.17) is 27.9 Å². The van der Waals surface area contributed by atoms with Crippen LogP contribution in [0, 0.1) is 6.92 Å². The lowest BCUT2D eigenvalue weighted by molar-refractivity contribution is 0.0470. The van der Waals surface area contributed by atoms with E-state index < -0.39 is 18.4 Å². The molecule has 2 aromatic carbocycles. The Kier molecular flexibility index (Phi) is 5.71. The number of carbonyl (C=O) groups excluding carboxylic acids is 2. The van der Waals surface area contributed by atoms with Gasteiger partial charge in [-0.15, -0.1) is 11.3 Å². The van der Waals surface area contributed by atoms with E-state index in [0.717, 1.165) is 11.1 Å². The summed E-state index contributed by atoms with van der Waals surface area (Å²) in [6.07, 6.45) is 0. The van der Waals surface area contributed by atoms with Gasteiger partial charge in [-0.25, -0.2) is 9.78 Å². The smallest absolute Gasteiger partial charge is 0.358 e. The number of ketones is 1. The molecule has 0 bridgehead atoms. The molecule has 1 aromatic heterocycles. The van der Waals surface area contributed by atoms with E-state index in [1.807, 2.05) is 31.2 Å². The van der Waals surface area contributed by atoms with Crippen LogP contribution in [0.1, 0.15) is 26.4 Å². The number of ether oxygens (including phenoxy) is 1. The molecule has 3 aromatic rings. The lowest BCUT2D eigenvalue weighted by Gasteiger charge is -2.05. The Balaban J connectivity index is 1.65. The molecule has 0 aliphatic heterocycles. The molecule has 7 heteroatoms. The molecule has 0 fully saturated rings. The van der Waals surface area contributed by atoms with Gasteiger partial charge in [-0.1, -0.05) is 53.0 Å². The highest BCUT2D eigenvalue weighted by Gasteiger charge is 2.17. The number of thiazole rings is 1. The third-order valence-corrected chi connectivity index (χ3v) is 5.02. The van der Waals surface area contributed by atoms with Gasteiger partial charge in [-0.2, -0.15) is 0 Å². The highest BCUT2D eigenvalue weighted by atomic mass is 35.5. The zero-order chi connectivity index (χ0) is 18.7. The van der Waals surface area contributed by atoms with Crippen LogP contribution >= 0.6 is 34.5 Å². The molecule has 0 aliphatic rings. The van der Waals surface area contributed by atoms with Gasteiger partial charge < -0.3 is 4.74 Å². The van der Waals surface area contributed by atoms with Crippen LogP contribution in [-0.4, -0.2) is 23.3 Å². The van der Waals surface area contributed by atoms with Crippen molar-refractivity contribution in [3.63, 3.8) is 0 Å². The zero-order valence-electron chi connectivity index (χ0n) is 13.7. The summed E-state index contributed by atoms with van der Waals surface area (Å²) in [5.74, 6) is -1.06. The Bertz CT molecular complexity index is 967. The van der Waals surface area contributed by atoms with Crippen molar-refractivity contribution in [1.82, 2.24) is 4.98 Å². The summed E-state index contributed by atoms with van der Waals surface area (Å²) in [5.41, 5.74) is 2.48. The maximum atomic E-state index is 12.1. The van der Waals surface area contributed by atoms with Gasteiger partial charge >= 0.3 is 5.97 Å². The van der Waals surface area contributed by atoms with Crippen LogP contribution in [0.5, 0.6) is 0 Å². The standard InChI is InChI=1S/C19H13Cl2NO3S/c1-11-2-4-12(5-3-11)18-22-16(10-26-18)19(24)25-9-17(23)14-7-6-13(20)8-15(14)21/h2-8,10H,9H2,1H3. The minimum Gasteiger partial charge on any atom is -0.453 e. The van der Waals surface area contributed by atoms with E-state index in [-0.39, 0.29) is 16.3 Å². The van der Waals surface area contributed by atoms with Crippen LogP contribution in [0.15, 0.2) is 47.8 Å². The van der Waals surface area contributed by atoms with Crippen molar-refractivity contribution in [2.24, 2.45) is 0 Å². The number of aryl methyl sites for hydroxylation is 1.